The summed E-state index contributed by atoms with van der Waals surface area (Å²) in [6.45, 7) is 2.91. The standard InChI is InChI=1S/C14H15NO2/c1-10(16)14(2,17)9-12-8-7-11-5-3-4-6-13(11)15-12/h3-8,17H,9H2,1-2H3. The van der Waals surface area contributed by atoms with E-state index in [9.17, 15) is 9.90 Å². The lowest BCUT2D eigenvalue weighted by Gasteiger charge is -2.19. The summed E-state index contributed by atoms with van der Waals surface area (Å²) >= 11 is 0. The van der Waals surface area contributed by atoms with Crippen LogP contribution in [0.3, 0.4) is 0 Å². The number of carbonyl (C=O) groups excluding carboxylic acids is 1. The molecule has 3 nitrogen and oxygen atoms in total. The van der Waals surface area contributed by atoms with E-state index in [0.29, 0.717) is 0 Å². The van der Waals surface area contributed by atoms with Crippen LogP contribution in [0.5, 0.6) is 0 Å². The molecule has 17 heavy (non-hydrogen) atoms. The van der Waals surface area contributed by atoms with Crippen LogP contribution in [0.25, 0.3) is 10.9 Å². The van der Waals surface area contributed by atoms with Crippen LogP contribution in [0.2, 0.25) is 0 Å². The predicted molar refractivity (Wildman–Crippen MR) is 66.8 cm³/mol. The van der Waals surface area contributed by atoms with Gasteiger partial charge in [-0.25, -0.2) is 0 Å². The van der Waals surface area contributed by atoms with Crippen molar-refractivity contribution >= 4 is 16.7 Å². The highest BCUT2D eigenvalue weighted by molar-refractivity contribution is 5.84. The van der Waals surface area contributed by atoms with Crippen molar-refractivity contribution < 1.29 is 9.90 Å². The number of fused-ring (bicyclic) bond motifs is 1. The second kappa shape index (κ2) is 4.26. The number of carbonyl (C=O) groups is 1. The van der Waals surface area contributed by atoms with E-state index in [1.807, 2.05) is 36.4 Å². The van der Waals surface area contributed by atoms with E-state index in [1.54, 1.807) is 0 Å². The fourth-order valence-corrected chi connectivity index (χ4v) is 1.68. The molecule has 0 fully saturated rings. The fourth-order valence-electron chi connectivity index (χ4n) is 1.68. The summed E-state index contributed by atoms with van der Waals surface area (Å²) in [4.78, 5) is 15.7. The van der Waals surface area contributed by atoms with Crippen LogP contribution in [-0.4, -0.2) is 21.5 Å². The molecule has 0 saturated carbocycles. The van der Waals surface area contributed by atoms with Crippen molar-refractivity contribution in [2.75, 3.05) is 0 Å². The lowest BCUT2D eigenvalue weighted by Crippen LogP contribution is -2.35. The number of rotatable bonds is 3. The quantitative estimate of drug-likeness (QED) is 0.877. The highest BCUT2D eigenvalue weighted by Gasteiger charge is 2.27. The second-order valence-electron chi connectivity index (χ2n) is 4.50. The lowest BCUT2D eigenvalue weighted by atomic mass is 9.95. The molecule has 3 heteroatoms. The summed E-state index contributed by atoms with van der Waals surface area (Å²) in [5.41, 5.74) is 0.267. The molecule has 1 N–H and O–H groups in total. The second-order valence-corrected chi connectivity index (χ2v) is 4.50. The highest BCUT2D eigenvalue weighted by Crippen LogP contribution is 2.16. The molecule has 1 aromatic carbocycles. The van der Waals surface area contributed by atoms with Gasteiger partial charge in [0.15, 0.2) is 5.78 Å². The van der Waals surface area contributed by atoms with Crippen molar-refractivity contribution in [2.45, 2.75) is 25.9 Å². The summed E-state index contributed by atoms with van der Waals surface area (Å²) < 4.78 is 0. The van der Waals surface area contributed by atoms with Crippen molar-refractivity contribution in [1.82, 2.24) is 4.98 Å². The summed E-state index contributed by atoms with van der Waals surface area (Å²) in [6.07, 6.45) is 0.243. The first-order chi connectivity index (χ1) is 7.99. The van der Waals surface area contributed by atoms with Gasteiger partial charge in [0, 0.05) is 17.5 Å². The van der Waals surface area contributed by atoms with Crippen LogP contribution in [0.4, 0.5) is 0 Å². The zero-order chi connectivity index (χ0) is 12.5. The van der Waals surface area contributed by atoms with Crippen LogP contribution < -0.4 is 0 Å². The average molecular weight is 229 g/mol. The van der Waals surface area contributed by atoms with Gasteiger partial charge in [0.1, 0.15) is 5.60 Å². The van der Waals surface area contributed by atoms with Crippen LogP contribution in [-0.2, 0) is 11.2 Å². The molecule has 2 aromatic rings. The summed E-state index contributed by atoms with van der Waals surface area (Å²) in [5.74, 6) is -0.243. The minimum atomic E-state index is -1.34. The summed E-state index contributed by atoms with van der Waals surface area (Å²) in [7, 11) is 0. The van der Waals surface area contributed by atoms with Crippen LogP contribution in [0, 0.1) is 0 Å². The molecule has 1 atom stereocenters. The molecular weight excluding hydrogens is 214 g/mol. The van der Waals surface area contributed by atoms with Gasteiger partial charge >= 0.3 is 0 Å². The van der Waals surface area contributed by atoms with Gasteiger partial charge in [-0.2, -0.15) is 0 Å². The molecule has 1 unspecified atom stereocenters. The fraction of sp³-hybridized carbons (Fsp3) is 0.286. The molecule has 0 aliphatic carbocycles. The Bertz CT molecular complexity index is 561. The van der Waals surface area contributed by atoms with Crippen LogP contribution >= 0.6 is 0 Å². The third-order valence-electron chi connectivity index (χ3n) is 2.94. The minimum Gasteiger partial charge on any atom is -0.382 e. The zero-order valence-electron chi connectivity index (χ0n) is 9.97. The molecular formula is C14H15NO2. The average Bonchev–Trinajstić information content (AvgIpc) is 2.28. The zero-order valence-corrected chi connectivity index (χ0v) is 9.97. The Labute approximate surface area is 100 Å². The van der Waals surface area contributed by atoms with Gasteiger partial charge in [0.25, 0.3) is 0 Å². The lowest BCUT2D eigenvalue weighted by molar-refractivity contribution is -0.133. The van der Waals surface area contributed by atoms with E-state index in [1.165, 1.54) is 13.8 Å². The Morgan fingerprint density at radius 3 is 2.71 bits per heavy atom. The van der Waals surface area contributed by atoms with Gasteiger partial charge in [-0.1, -0.05) is 24.3 Å². The van der Waals surface area contributed by atoms with Crippen molar-refractivity contribution in [3.05, 3.63) is 42.1 Å². The van der Waals surface area contributed by atoms with E-state index in [4.69, 9.17) is 0 Å². The van der Waals surface area contributed by atoms with Crippen molar-refractivity contribution in [1.29, 1.82) is 0 Å². The third-order valence-corrected chi connectivity index (χ3v) is 2.94. The van der Waals surface area contributed by atoms with E-state index >= 15 is 0 Å². The SMILES string of the molecule is CC(=O)C(C)(O)Cc1ccc2ccccc2n1. The largest absolute Gasteiger partial charge is 0.382 e. The third kappa shape index (κ3) is 2.50. The number of hydrogen-bond acceptors (Lipinski definition) is 3. The Balaban J connectivity index is 2.34. The highest BCUT2D eigenvalue weighted by atomic mass is 16.3. The van der Waals surface area contributed by atoms with Crippen molar-refractivity contribution in [3.63, 3.8) is 0 Å². The molecule has 1 heterocycles. The summed E-state index contributed by atoms with van der Waals surface area (Å²) in [5, 5.41) is 11.0. The summed E-state index contributed by atoms with van der Waals surface area (Å²) in [6, 6.07) is 11.6. The first-order valence-electron chi connectivity index (χ1n) is 5.57. The van der Waals surface area contributed by atoms with Gasteiger partial charge in [0.2, 0.25) is 0 Å². The number of hydrogen-bond donors (Lipinski definition) is 1. The normalized spacial score (nSPS) is 14.5. The smallest absolute Gasteiger partial charge is 0.161 e. The molecule has 88 valence electrons. The van der Waals surface area contributed by atoms with Gasteiger partial charge in [0.05, 0.1) is 5.52 Å². The van der Waals surface area contributed by atoms with Gasteiger partial charge in [-0.3, -0.25) is 9.78 Å². The minimum absolute atomic E-state index is 0.243. The topological polar surface area (TPSA) is 50.2 Å². The number of aromatic nitrogens is 1. The number of Topliss-reactive ketones (excluding diaryl/α,β-unsaturated/α-hetero) is 1. The number of ketones is 1. The Morgan fingerprint density at radius 2 is 2.00 bits per heavy atom. The van der Waals surface area contributed by atoms with E-state index in [2.05, 4.69) is 4.98 Å². The molecule has 0 bridgehead atoms. The molecule has 2 rings (SSSR count). The first-order valence-corrected chi connectivity index (χ1v) is 5.57. The van der Waals surface area contributed by atoms with E-state index in [-0.39, 0.29) is 12.2 Å². The van der Waals surface area contributed by atoms with E-state index < -0.39 is 5.60 Å². The molecule has 0 aliphatic heterocycles. The van der Waals surface area contributed by atoms with Crippen LogP contribution in [0.15, 0.2) is 36.4 Å². The molecule has 0 spiro atoms. The van der Waals surface area contributed by atoms with Gasteiger partial charge in [-0.15, -0.1) is 0 Å². The van der Waals surface area contributed by atoms with Gasteiger partial charge < -0.3 is 5.11 Å². The Hall–Kier alpha value is -1.74. The van der Waals surface area contributed by atoms with E-state index in [0.717, 1.165) is 16.6 Å². The number of nitrogens with zero attached hydrogens (tertiary/aromatic N) is 1. The molecule has 0 aliphatic rings. The maximum atomic E-state index is 11.3. The number of aliphatic hydroxyl groups is 1. The van der Waals surface area contributed by atoms with Crippen molar-refractivity contribution in [2.24, 2.45) is 0 Å². The molecule has 0 radical (unpaired) electrons. The van der Waals surface area contributed by atoms with Gasteiger partial charge in [-0.05, 0) is 26.0 Å². The Morgan fingerprint density at radius 1 is 1.29 bits per heavy atom. The predicted octanol–water partition coefficient (Wildman–Crippen LogP) is 2.12. The molecule has 0 amide bonds. The maximum absolute atomic E-state index is 11.3. The molecule has 0 saturated heterocycles. The van der Waals surface area contributed by atoms with Crippen LogP contribution in [0.1, 0.15) is 19.5 Å². The first kappa shape index (κ1) is 11.7. The maximum Gasteiger partial charge on any atom is 0.161 e. The molecule has 1 aromatic heterocycles. The number of benzene rings is 1. The Kier molecular flexibility index (Phi) is 2.94. The number of pyridine rings is 1. The monoisotopic (exact) mass is 229 g/mol. The van der Waals surface area contributed by atoms with Crippen molar-refractivity contribution in [3.8, 4) is 0 Å². The number of para-hydroxylation sites is 1.